The third-order valence-electron chi connectivity index (χ3n) is 3.35. The molecule has 0 fully saturated rings. The van der Waals surface area contributed by atoms with Gasteiger partial charge in [-0.3, -0.25) is 4.79 Å². The van der Waals surface area contributed by atoms with Crippen molar-refractivity contribution in [2.75, 3.05) is 6.54 Å². The summed E-state index contributed by atoms with van der Waals surface area (Å²) in [5.41, 5.74) is -3.39. The molecule has 0 aromatic carbocycles. The average molecular weight is 323 g/mol. The second-order valence-electron chi connectivity index (χ2n) is 5.51. The van der Waals surface area contributed by atoms with E-state index in [1.54, 1.807) is 13.8 Å². The average Bonchev–Trinajstić information content (AvgIpc) is 2.81. The predicted molar refractivity (Wildman–Crippen MR) is 71.6 cm³/mol. The molecule has 22 heavy (non-hydrogen) atoms. The van der Waals surface area contributed by atoms with E-state index >= 15 is 0 Å². The second kappa shape index (κ2) is 6.66. The number of aliphatic hydroxyl groups is 2. The summed E-state index contributed by atoms with van der Waals surface area (Å²) in [6.07, 6.45) is -4.83. The number of aliphatic hydroxyl groups excluding tert-OH is 1. The minimum absolute atomic E-state index is 0.156. The molecule has 0 spiro atoms. The van der Waals surface area contributed by atoms with Crippen molar-refractivity contribution >= 4 is 5.91 Å². The number of hydrogen-bond donors (Lipinski definition) is 3. The van der Waals surface area contributed by atoms with Crippen molar-refractivity contribution in [1.29, 1.82) is 0 Å². The molecular formula is C13H20F3N3O3. The number of carbonyl (C=O) groups is 1. The van der Waals surface area contributed by atoms with Crippen molar-refractivity contribution in [2.45, 2.75) is 38.1 Å². The molecule has 0 bridgehead atoms. The molecule has 1 heterocycles. The van der Waals surface area contributed by atoms with Crippen LogP contribution in [0.3, 0.4) is 0 Å². The van der Waals surface area contributed by atoms with Crippen LogP contribution in [0.15, 0.2) is 12.4 Å². The van der Waals surface area contributed by atoms with Gasteiger partial charge in [-0.15, -0.1) is 0 Å². The Hall–Kier alpha value is -1.61. The Kier molecular flexibility index (Phi) is 5.58. The van der Waals surface area contributed by atoms with E-state index in [1.165, 1.54) is 13.2 Å². The molecule has 0 aliphatic heterocycles. The molecule has 2 atom stereocenters. The number of aromatic nitrogens is 2. The zero-order valence-electron chi connectivity index (χ0n) is 12.6. The van der Waals surface area contributed by atoms with Crippen molar-refractivity contribution in [1.82, 2.24) is 14.9 Å². The summed E-state index contributed by atoms with van der Waals surface area (Å²) in [6.45, 7) is 3.22. The lowest BCUT2D eigenvalue weighted by Gasteiger charge is -2.29. The molecule has 2 unspecified atom stereocenters. The SMILES string of the molecule is CC(C)C(O)CNC(=O)CC(O)(c1nccn1C)C(F)(F)F. The lowest BCUT2D eigenvalue weighted by molar-refractivity contribution is -0.271. The first-order valence-corrected chi connectivity index (χ1v) is 6.70. The number of halogens is 3. The van der Waals surface area contributed by atoms with E-state index in [0.29, 0.717) is 0 Å². The van der Waals surface area contributed by atoms with Gasteiger partial charge in [0.25, 0.3) is 0 Å². The van der Waals surface area contributed by atoms with Crippen molar-refractivity contribution < 1.29 is 28.2 Å². The molecule has 3 N–H and O–H groups in total. The van der Waals surface area contributed by atoms with Crippen LogP contribution in [0.4, 0.5) is 13.2 Å². The Morgan fingerprint density at radius 1 is 1.45 bits per heavy atom. The molecule has 1 aromatic heterocycles. The van der Waals surface area contributed by atoms with Crippen molar-refractivity contribution in [2.24, 2.45) is 13.0 Å². The van der Waals surface area contributed by atoms with E-state index in [2.05, 4.69) is 10.3 Å². The van der Waals surface area contributed by atoms with Crippen LogP contribution in [0, 0.1) is 5.92 Å². The Labute approximate surface area is 126 Å². The number of nitrogens with zero attached hydrogens (tertiary/aromatic N) is 2. The first-order valence-electron chi connectivity index (χ1n) is 6.70. The maximum atomic E-state index is 13.2. The van der Waals surface area contributed by atoms with E-state index < -0.39 is 36.0 Å². The van der Waals surface area contributed by atoms with Gasteiger partial charge in [0.05, 0.1) is 12.5 Å². The summed E-state index contributed by atoms with van der Waals surface area (Å²) in [5.74, 6) is -1.85. The number of imidazole rings is 1. The fraction of sp³-hybridized carbons (Fsp3) is 0.692. The third kappa shape index (κ3) is 3.98. The van der Waals surface area contributed by atoms with Gasteiger partial charge in [-0.25, -0.2) is 4.98 Å². The molecule has 9 heteroatoms. The molecule has 1 rings (SSSR count). The number of rotatable bonds is 6. The predicted octanol–water partition coefficient (Wildman–Crippen LogP) is 0.693. The molecule has 0 radical (unpaired) electrons. The van der Waals surface area contributed by atoms with Crippen molar-refractivity contribution in [3.63, 3.8) is 0 Å². The Balaban J connectivity index is 2.88. The maximum absolute atomic E-state index is 13.2. The zero-order chi connectivity index (χ0) is 17.1. The van der Waals surface area contributed by atoms with E-state index in [9.17, 15) is 28.2 Å². The minimum Gasteiger partial charge on any atom is -0.391 e. The normalized spacial score (nSPS) is 16.4. The Bertz CT molecular complexity index is 516. The lowest BCUT2D eigenvalue weighted by atomic mass is 9.97. The first-order chi connectivity index (χ1) is 9.99. The fourth-order valence-corrected chi connectivity index (χ4v) is 1.82. The fourth-order valence-electron chi connectivity index (χ4n) is 1.82. The molecule has 0 aliphatic rings. The molecule has 0 saturated heterocycles. The van der Waals surface area contributed by atoms with E-state index in [1.807, 2.05) is 0 Å². The van der Waals surface area contributed by atoms with Crippen LogP contribution < -0.4 is 5.32 Å². The molecule has 1 amide bonds. The Morgan fingerprint density at radius 3 is 2.45 bits per heavy atom. The van der Waals surface area contributed by atoms with E-state index in [0.717, 1.165) is 10.8 Å². The summed E-state index contributed by atoms with van der Waals surface area (Å²) in [7, 11) is 1.29. The summed E-state index contributed by atoms with van der Waals surface area (Å²) in [4.78, 5) is 15.2. The minimum atomic E-state index is -5.07. The van der Waals surface area contributed by atoms with E-state index in [4.69, 9.17) is 0 Å². The molecule has 126 valence electrons. The van der Waals surface area contributed by atoms with Crippen LogP contribution in [0.1, 0.15) is 26.1 Å². The van der Waals surface area contributed by atoms with Crippen LogP contribution in [-0.2, 0) is 17.4 Å². The summed E-state index contributed by atoms with van der Waals surface area (Å²) in [6, 6.07) is 0. The van der Waals surface area contributed by atoms with Gasteiger partial charge in [-0.05, 0) is 5.92 Å². The number of alkyl halides is 3. The monoisotopic (exact) mass is 323 g/mol. The van der Waals surface area contributed by atoms with Crippen molar-refractivity contribution in [3.8, 4) is 0 Å². The quantitative estimate of drug-likeness (QED) is 0.719. The van der Waals surface area contributed by atoms with Crippen LogP contribution in [0.25, 0.3) is 0 Å². The van der Waals surface area contributed by atoms with Gasteiger partial charge in [-0.1, -0.05) is 13.8 Å². The van der Waals surface area contributed by atoms with E-state index in [-0.39, 0.29) is 12.5 Å². The second-order valence-corrected chi connectivity index (χ2v) is 5.51. The highest BCUT2D eigenvalue weighted by Gasteiger charge is 2.58. The maximum Gasteiger partial charge on any atom is 0.425 e. The van der Waals surface area contributed by atoms with Crippen LogP contribution in [0.5, 0.6) is 0 Å². The highest BCUT2D eigenvalue weighted by atomic mass is 19.4. The number of amides is 1. The lowest BCUT2D eigenvalue weighted by Crippen LogP contribution is -2.48. The van der Waals surface area contributed by atoms with Gasteiger partial charge in [0, 0.05) is 26.0 Å². The summed E-state index contributed by atoms with van der Waals surface area (Å²) >= 11 is 0. The zero-order valence-corrected chi connectivity index (χ0v) is 12.6. The third-order valence-corrected chi connectivity index (χ3v) is 3.35. The first kappa shape index (κ1) is 18.4. The van der Waals surface area contributed by atoms with Gasteiger partial charge >= 0.3 is 6.18 Å². The smallest absolute Gasteiger partial charge is 0.391 e. The highest BCUT2D eigenvalue weighted by Crippen LogP contribution is 2.40. The number of carbonyl (C=O) groups excluding carboxylic acids is 1. The van der Waals surface area contributed by atoms with Gasteiger partial charge in [0.15, 0.2) is 5.82 Å². The summed E-state index contributed by atoms with van der Waals surface area (Å²) < 4.78 is 40.6. The summed E-state index contributed by atoms with van der Waals surface area (Å²) in [5, 5.41) is 21.7. The van der Waals surface area contributed by atoms with Crippen LogP contribution in [0.2, 0.25) is 0 Å². The Morgan fingerprint density at radius 2 is 2.05 bits per heavy atom. The van der Waals surface area contributed by atoms with Gasteiger partial charge in [0.2, 0.25) is 11.5 Å². The topological polar surface area (TPSA) is 87.4 Å². The molecular weight excluding hydrogens is 303 g/mol. The van der Waals surface area contributed by atoms with Gasteiger partial charge < -0.3 is 20.1 Å². The molecule has 0 saturated carbocycles. The van der Waals surface area contributed by atoms with Crippen LogP contribution in [-0.4, -0.2) is 44.5 Å². The van der Waals surface area contributed by atoms with Gasteiger partial charge in [0.1, 0.15) is 0 Å². The van der Waals surface area contributed by atoms with Crippen molar-refractivity contribution in [3.05, 3.63) is 18.2 Å². The van der Waals surface area contributed by atoms with Crippen LogP contribution >= 0.6 is 0 Å². The molecule has 6 nitrogen and oxygen atoms in total. The number of nitrogens with one attached hydrogen (secondary N) is 1. The number of hydrogen-bond acceptors (Lipinski definition) is 4. The molecule has 0 aliphatic carbocycles. The van der Waals surface area contributed by atoms with Gasteiger partial charge in [-0.2, -0.15) is 13.2 Å². The largest absolute Gasteiger partial charge is 0.425 e. The molecule has 1 aromatic rings. The highest BCUT2D eigenvalue weighted by molar-refractivity contribution is 5.77. The number of aryl methyl sites for hydroxylation is 1. The standard InChI is InChI=1S/C13H20F3N3O3/c1-8(2)9(20)7-18-10(21)6-12(22,13(14,15)16)11-17-4-5-19(11)3/h4-5,8-9,20,22H,6-7H2,1-3H3,(H,18,21).